The van der Waals surface area contributed by atoms with Crippen molar-refractivity contribution >= 4 is 34.5 Å². The van der Waals surface area contributed by atoms with Crippen LogP contribution in [0.2, 0.25) is 5.02 Å². The number of carbonyl (C=O) groups is 1. The van der Waals surface area contributed by atoms with Crippen molar-refractivity contribution in [3.8, 4) is 5.75 Å². The molecule has 0 aliphatic carbocycles. The van der Waals surface area contributed by atoms with E-state index in [9.17, 15) is 4.79 Å². The first kappa shape index (κ1) is 21.7. The van der Waals surface area contributed by atoms with Crippen molar-refractivity contribution in [2.45, 2.75) is 32.5 Å². The highest BCUT2D eigenvalue weighted by Crippen LogP contribution is 2.40. The van der Waals surface area contributed by atoms with E-state index in [2.05, 4.69) is 15.1 Å². The summed E-state index contributed by atoms with van der Waals surface area (Å²) in [6, 6.07) is 1.20. The number of nitrogen functional groups attached to an aromatic ring is 1. The number of hydrogen-bond acceptors (Lipinski definition) is 7. The Morgan fingerprint density at radius 1 is 1.39 bits per heavy atom. The van der Waals surface area contributed by atoms with Gasteiger partial charge in [0, 0.05) is 43.3 Å². The Hall–Kier alpha value is -3.18. The van der Waals surface area contributed by atoms with Crippen molar-refractivity contribution in [1.29, 1.82) is 0 Å². The summed E-state index contributed by atoms with van der Waals surface area (Å²) in [6.07, 6.45) is 0.433. The van der Waals surface area contributed by atoms with Gasteiger partial charge in [0.25, 0.3) is 0 Å². The lowest BCUT2D eigenvalue weighted by molar-refractivity contribution is 0.0303. The van der Waals surface area contributed by atoms with E-state index in [1.165, 1.54) is 11.2 Å². The number of aryl methyl sites for hydroxylation is 1. The first-order chi connectivity index (χ1) is 15.8. The molecule has 1 atom stereocenters. The predicted octanol–water partition coefficient (Wildman–Crippen LogP) is 2.68. The van der Waals surface area contributed by atoms with Gasteiger partial charge in [0.2, 0.25) is 0 Å². The second-order valence-electron chi connectivity index (χ2n) is 8.39. The number of carboxylic acid groups (broad SMARTS) is 1. The van der Waals surface area contributed by atoms with Crippen LogP contribution in [0.4, 0.5) is 15.0 Å². The molecule has 2 aliphatic rings. The number of ether oxygens (including phenoxy) is 1. The van der Waals surface area contributed by atoms with Crippen molar-refractivity contribution in [3.63, 3.8) is 0 Å². The number of benzene rings is 1. The number of nitrogens with two attached hydrogens (primary N) is 1. The molecule has 33 heavy (non-hydrogen) atoms. The van der Waals surface area contributed by atoms with E-state index in [1.807, 2.05) is 18.7 Å². The molecule has 10 nitrogen and oxygen atoms in total. The zero-order valence-electron chi connectivity index (χ0n) is 18.1. The molecule has 0 bridgehead atoms. The average molecular weight is 476 g/mol. The molecular weight excluding hydrogens is 453 g/mol. The summed E-state index contributed by atoms with van der Waals surface area (Å²) in [5.74, 6) is 0.247. The second kappa shape index (κ2) is 7.99. The number of nitrogens with zero attached hydrogens (tertiary/aromatic N) is 6. The Morgan fingerprint density at radius 3 is 2.88 bits per heavy atom. The molecule has 2 aliphatic heterocycles. The average Bonchev–Trinajstić information content (AvgIpc) is 2.93. The third-order valence-electron chi connectivity index (χ3n) is 6.44. The molecule has 5 rings (SSSR count). The molecule has 0 radical (unpaired) electrons. The third kappa shape index (κ3) is 3.51. The number of likely N-dealkylation sites (tertiary alicyclic amines) is 1. The molecule has 174 valence electrons. The first-order valence-corrected chi connectivity index (χ1v) is 10.9. The number of rotatable bonds is 3. The van der Waals surface area contributed by atoms with Crippen LogP contribution in [-0.2, 0) is 6.54 Å². The van der Waals surface area contributed by atoms with Gasteiger partial charge in [-0.3, -0.25) is 4.90 Å². The molecule has 0 spiro atoms. The van der Waals surface area contributed by atoms with E-state index < -0.39 is 11.9 Å². The molecule has 3 aromatic rings. The van der Waals surface area contributed by atoms with Crippen molar-refractivity contribution < 1.29 is 19.0 Å². The van der Waals surface area contributed by atoms with Crippen LogP contribution in [0.25, 0.3) is 11.0 Å². The van der Waals surface area contributed by atoms with Crippen LogP contribution in [0.3, 0.4) is 0 Å². The summed E-state index contributed by atoms with van der Waals surface area (Å²) in [6.45, 7) is 5.67. The van der Waals surface area contributed by atoms with Crippen LogP contribution < -0.4 is 10.5 Å². The summed E-state index contributed by atoms with van der Waals surface area (Å²) in [5.41, 5.74) is 8.33. The van der Waals surface area contributed by atoms with E-state index in [4.69, 9.17) is 27.2 Å². The van der Waals surface area contributed by atoms with Gasteiger partial charge in [0.1, 0.15) is 30.3 Å². The van der Waals surface area contributed by atoms with Gasteiger partial charge in [-0.15, -0.1) is 0 Å². The Balaban J connectivity index is 1.53. The molecule has 1 amide bonds. The Bertz CT molecular complexity index is 1260. The molecule has 4 heterocycles. The summed E-state index contributed by atoms with van der Waals surface area (Å²) in [7, 11) is 0. The van der Waals surface area contributed by atoms with E-state index in [1.54, 1.807) is 10.7 Å². The van der Waals surface area contributed by atoms with Gasteiger partial charge in [-0.1, -0.05) is 11.6 Å². The van der Waals surface area contributed by atoms with Gasteiger partial charge in [0.15, 0.2) is 5.65 Å². The van der Waals surface area contributed by atoms with Gasteiger partial charge in [-0.05, 0) is 19.9 Å². The van der Waals surface area contributed by atoms with Gasteiger partial charge in [-0.2, -0.15) is 5.10 Å². The lowest BCUT2D eigenvalue weighted by Gasteiger charge is -2.43. The van der Waals surface area contributed by atoms with Crippen LogP contribution in [0.5, 0.6) is 5.75 Å². The summed E-state index contributed by atoms with van der Waals surface area (Å²) >= 11 is 6.31. The monoisotopic (exact) mass is 475 g/mol. The minimum atomic E-state index is -0.950. The fraction of sp³-hybridized carbons (Fsp3) is 0.429. The molecule has 0 saturated carbocycles. The molecule has 1 fully saturated rings. The molecule has 12 heteroatoms. The predicted molar refractivity (Wildman–Crippen MR) is 119 cm³/mol. The summed E-state index contributed by atoms with van der Waals surface area (Å²) < 4.78 is 23.0. The van der Waals surface area contributed by atoms with Crippen LogP contribution in [0.1, 0.15) is 29.8 Å². The van der Waals surface area contributed by atoms with Crippen molar-refractivity contribution in [1.82, 2.24) is 29.5 Å². The third-order valence-corrected chi connectivity index (χ3v) is 6.71. The maximum atomic E-state index is 15.2. The summed E-state index contributed by atoms with van der Waals surface area (Å²) in [4.78, 5) is 22.9. The maximum Gasteiger partial charge on any atom is 0.407 e. The van der Waals surface area contributed by atoms with Gasteiger partial charge in [0.05, 0.1) is 22.1 Å². The molecule has 1 saturated heterocycles. The lowest BCUT2D eigenvalue weighted by Crippen LogP contribution is -2.60. The van der Waals surface area contributed by atoms with E-state index in [0.29, 0.717) is 65.7 Å². The number of aromatic nitrogens is 4. The Morgan fingerprint density at radius 2 is 2.15 bits per heavy atom. The SMILES string of the molecule is Cc1nn(C(C)c2cc(Cl)c(F)c3c2OCCN(C2CN(C(=O)O)C2)C3)c2ncnc(N)c12. The quantitative estimate of drug-likeness (QED) is 0.592. The smallest absolute Gasteiger partial charge is 0.407 e. The molecule has 2 aromatic heterocycles. The lowest BCUT2D eigenvalue weighted by atomic mass is 10.0. The first-order valence-electron chi connectivity index (χ1n) is 10.6. The minimum Gasteiger partial charge on any atom is -0.491 e. The number of fused-ring (bicyclic) bond motifs is 2. The normalized spacial score (nSPS) is 17.9. The van der Waals surface area contributed by atoms with Crippen LogP contribution in [-0.4, -0.2) is 73.0 Å². The topological polar surface area (TPSA) is 123 Å². The standard InChI is InChI=1S/C21H23ClFN7O3/c1-10-16-19(24)25-9-26-20(16)30(27-10)11(2)13-5-15(22)17(23)14-8-28(3-4-33-18(13)14)12-6-29(7-12)21(31)32/h5,9,11-12H,3-4,6-8H2,1-2H3,(H,31,32)(H2,24,25,26). The minimum absolute atomic E-state index is 0.00675. The Labute approximate surface area is 193 Å². The van der Waals surface area contributed by atoms with Crippen molar-refractivity contribution in [2.24, 2.45) is 0 Å². The molecule has 1 unspecified atom stereocenters. The number of anilines is 1. The fourth-order valence-corrected chi connectivity index (χ4v) is 4.81. The fourth-order valence-electron chi connectivity index (χ4n) is 4.58. The van der Waals surface area contributed by atoms with Gasteiger partial charge >= 0.3 is 6.09 Å². The maximum absolute atomic E-state index is 15.2. The Kier molecular flexibility index (Phi) is 5.25. The second-order valence-corrected chi connectivity index (χ2v) is 8.80. The zero-order valence-corrected chi connectivity index (χ0v) is 18.9. The zero-order chi connectivity index (χ0) is 23.4. The van der Waals surface area contributed by atoms with Gasteiger partial charge < -0.3 is 20.5 Å². The van der Waals surface area contributed by atoms with E-state index in [0.717, 1.165) is 0 Å². The van der Waals surface area contributed by atoms with Crippen LogP contribution >= 0.6 is 11.6 Å². The van der Waals surface area contributed by atoms with Gasteiger partial charge in [-0.25, -0.2) is 23.8 Å². The molecular formula is C21H23ClFN7O3. The number of hydrogen-bond donors (Lipinski definition) is 2. The number of amides is 1. The van der Waals surface area contributed by atoms with Crippen molar-refractivity contribution in [3.05, 3.63) is 40.1 Å². The van der Waals surface area contributed by atoms with Crippen LogP contribution in [0.15, 0.2) is 12.4 Å². The van der Waals surface area contributed by atoms with Crippen LogP contribution in [0, 0.1) is 12.7 Å². The van der Waals surface area contributed by atoms with Crippen molar-refractivity contribution in [2.75, 3.05) is 32.0 Å². The molecule has 3 N–H and O–H groups in total. The van der Waals surface area contributed by atoms with E-state index in [-0.39, 0.29) is 23.7 Å². The van der Waals surface area contributed by atoms with E-state index >= 15 is 4.39 Å². The summed E-state index contributed by atoms with van der Waals surface area (Å²) in [5, 5.41) is 14.4. The highest BCUT2D eigenvalue weighted by Gasteiger charge is 2.37. The highest BCUT2D eigenvalue weighted by atomic mass is 35.5. The number of halogens is 2. The highest BCUT2D eigenvalue weighted by molar-refractivity contribution is 6.31. The molecule has 1 aromatic carbocycles. The largest absolute Gasteiger partial charge is 0.491 e.